The highest BCUT2D eigenvalue weighted by Gasteiger charge is 2.28. The third-order valence-corrected chi connectivity index (χ3v) is 4.29. The van der Waals surface area contributed by atoms with Gasteiger partial charge in [0, 0.05) is 36.1 Å². The van der Waals surface area contributed by atoms with E-state index in [-0.39, 0.29) is 17.5 Å². The number of carbonyl (C=O) groups excluding carboxylic acids is 1. The van der Waals surface area contributed by atoms with Gasteiger partial charge >= 0.3 is 0 Å². The smallest absolute Gasteiger partial charge is 0.244 e. The Balaban J connectivity index is 1.72. The van der Waals surface area contributed by atoms with Gasteiger partial charge < -0.3 is 5.32 Å². The number of amides is 1. The number of fused-ring (bicyclic) bond motifs is 1. The molecule has 2 heterocycles. The van der Waals surface area contributed by atoms with Crippen molar-refractivity contribution in [1.29, 1.82) is 0 Å². The molecule has 3 rings (SSSR count). The Bertz CT molecular complexity index is 763. The first-order valence-corrected chi connectivity index (χ1v) is 8.39. The van der Waals surface area contributed by atoms with E-state index in [1.807, 2.05) is 19.4 Å². The summed E-state index contributed by atoms with van der Waals surface area (Å²) in [6.07, 6.45) is 11.9. The van der Waals surface area contributed by atoms with Gasteiger partial charge in [0.05, 0.1) is 24.0 Å². The Kier molecular flexibility index (Phi) is 4.30. The van der Waals surface area contributed by atoms with Crippen molar-refractivity contribution in [3.05, 3.63) is 41.5 Å². The van der Waals surface area contributed by atoms with Crippen molar-refractivity contribution in [3.8, 4) is 0 Å². The van der Waals surface area contributed by atoms with Crippen molar-refractivity contribution in [2.75, 3.05) is 0 Å². The molecule has 0 saturated carbocycles. The van der Waals surface area contributed by atoms with Gasteiger partial charge in [0.25, 0.3) is 0 Å². The lowest BCUT2D eigenvalue weighted by Gasteiger charge is -2.28. The SMILES string of the molecule is Cn1cc(/C=C\C(=O)N[C@@H]2CCCc3c2cnn3C(C)(C)C)cn1. The van der Waals surface area contributed by atoms with E-state index in [2.05, 4.69) is 41.0 Å². The molecule has 0 bridgehead atoms. The molecule has 1 amide bonds. The van der Waals surface area contributed by atoms with E-state index in [0.29, 0.717) is 0 Å². The van der Waals surface area contributed by atoms with Crippen LogP contribution in [0.1, 0.15) is 56.5 Å². The molecule has 1 atom stereocenters. The topological polar surface area (TPSA) is 64.7 Å². The van der Waals surface area contributed by atoms with E-state index >= 15 is 0 Å². The van der Waals surface area contributed by atoms with Crippen LogP contribution >= 0.6 is 0 Å². The standard InChI is InChI=1S/C18H25N5O/c1-18(2,3)23-16-7-5-6-15(14(16)11-20-23)21-17(24)9-8-13-10-19-22(4)12-13/h8-12,15H,5-7H2,1-4H3,(H,21,24)/b9-8-/t15-/m1/s1. The van der Waals surface area contributed by atoms with Crippen molar-refractivity contribution in [3.63, 3.8) is 0 Å². The van der Waals surface area contributed by atoms with Crippen LogP contribution in [0.15, 0.2) is 24.7 Å². The molecule has 1 aliphatic carbocycles. The predicted octanol–water partition coefficient (Wildman–Crippen LogP) is 2.58. The molecular weight excluding hydrogens is 302 g/mol. The summed E-state index contributed by atoms with van der Waals surface area (Å²) in [6, 6.07) is 0.0379. The fourth-order valence-corrected chi connectivity index (χ4v) is 3.20. The number of hydrogen-bond donors (Lipinski definition) is 1. The lowest BCUT2D eigenvalue weighted by Crippen LogP contribution is -2.31. The largest absolute Gasteiger partial charge is 0.346 e. The Morgan fingerprint density at radius 1 is 1.33 bits per heavy atom. The van der Waals surface area contributed by atoms with Crippen LogP contribution in [0.4, 0.5) is 0 Å². The maximum absolute atomic E-state index is 12.3. The molecule has 6 heteroatoms. The molecule has 0 aromatic carbocycles. The maximum atomic E-state index is 12.3. The molecule has 0 radical (unpaired) electrons. The van der Waals surface area contributed by atoms with Crippen LogP contribution in [0.2, 0.25) is 0 Å². The molecule has 1 aliphatic rings. The molecule has 0 spiro atoms. The van der Waals surface area contributed by atoms with Crippen molar-refractivity contribution in [2.45, 2.75) is 51.6 Å². The predicted molar refractivity (Wildman–Crippen MR) is 93.3 cm³/mol. The Labute approximate surface area is 142 Å². The number of rotatable bonds is 3. The van der Waals surface area contributed by atoms with Crippen molar-refractivity contribution < 1.29 is 4.79 Å². The summed E-state index contributed by atoms with van der Waals surface area (Å²) >= 11 is 0. The first-order chi connectivity index (χ1) is 11.3. The van der Waals surface area contributed by atoms with Crippen LogP contribution in [0.3, 0.4) is 0 Å². The minimum absolute atomic E-state index is 0.0379. The average Bonchev–Trinajstić information content (AvgIpc) is 3.11. The zero-order valence-electron chi connectivity index (χ0n) is 14.8. The maximum Gasteiger partial charge on any atom is 0.244 e. The summed E-state index contributed by atoms with van der Waals surface area (Å²) in [5.41, 5.74) is 3.27. The van der Waals surface area contributed by atoms with E-state index in [0.717, 1.165) is 30.4 Å². The molecule has 0 unspecified atom stereocenters. The van der Waals surface area contributed by atoms with Crippen LogP contribution in [0.5, 0.6) is 0 Å². The minimum atomic E-state index is -0.0831. The van der Waals surface area contributed by atoms with Gasteiger partial charge in [0.15, 0.2) is 0 Å². The van der Waals surface area contributed by atoms with E-state index in [4.69, 9.17) is 0 Å². The zero-order valence-corrected chi connectivity index (χ0v) is 14.8. The average molecular weight is 327 g/mol. The summed E-state index contributed by atoms with van der Waals surface area (Å²) in [5.74, 6) is -0.0831. The fraction of sp³-hybridized carbons (Fsp3) is 0.500. The third-order valence-electron chi connectivity index (χ3n) is 4.29. The lowest BCUT2D eigenvalue weighted by molar-refractivity contribution is -0.117. The molecule has 0 saturated heterocycles. The molecule has 24 heavy (non-hydrogen) atoms. The highest BCUT2D eigenvalue weighted by molar-refractivity contribution is 5.91. The molecule has 1 N–H and O–H groups in total. The third kappa shape index (κ3) is 3.42. The van der Waals surface area contributed by atoms with Crippen LogP contribution in [-0.2, 0) is 23.8 Å². The molecule has 0 aliphatic heterocycles. The molecular formula is C18H25N5O. The molecule has 2 aromatic heterocycles. The highest BCUT2D eigenvalue weighted by atomic mass is 16.1. The van der Waals surface area contributed by atoms with Gasteiger partial charge in [-0.25, -0.2) is 0 Å². The second kappa shape index (κ2) is 6.26. The number of hydrogen-bond acceptors (Lipinski definition) is 3. The van der Waals surface area contributed by atoms with Crippen molar-refractivity contribution >= 4 is 12.0 Å². The Hall–Kier alpha value is -2.37. The summed E-state index contributed by atoms with van der Waals surface area (Å²) < 4.78 is 3.80. The molecule has 6 nitrogen and oxygen atoms in total. The highest BCUT2D eigenvalue weighted by Crippen LogP contribution is 2.32. The van der Waals surface area contributed by atoms with Crippen molar-refractivity contribution in [2.24, 2.45) is 7.05 Å². The summed E-state index contributed by atoms with van der Waals surface area (Å²) in [5, 5.41) is 11.8. The van der Waals surface area contributed by atoms with Gasteiger partial charge in [-0.2, -0.15) is 10.2 Å². The van der Waals surface area contributed by atoms with Crippen LogP contribution in [0.25, 0.3) is 6.08 Å². The van der Waals surface area contributed by atoms with Gasteiger partial charge in [0.2, 0.25) is 5.91 Å². The summed E-state index contributed by atoms with van der Waals surface area (Å²) in [4.78, 5) is 12.3. The van der Waals surface area contributed by atoms with E-state index in [9.17, 15) is 4.79 Å². The van der Waals surface area contributed by atoms with E-state index < -0.39 is 0 Å². The monoisotopic (exact) mass is 327 g/mol. The van der Waals surface area contributed by atoms with Gasteiger partial charge in [0.1, 0.15) is 0 Å². The van der Waals surface area contributed by atoms with E-state index in [1.54, 1.807) is 23.0 Å². The zero-order chi connectivity index (χ0) is 17.3. The number of aryl methyl sites for hydroxylation is 1. The molecule has 128 valence electrons. The normalized spacial score (nSPS) is 17.9. The molecule has 2 aromatic rings. The van der Waals surface area contributed by atoms with Gasteiger partial charge in [-0.1, -0.05) is 0 Å². The number of nitrogens with zero attached hydrogens (tertiary/aromatic N) is 4. The van der Waals surface area contributed by atoms with Gasteiger partial charge in [-0.15, -0.1) is 0 Å². The number of aromatic nitrogens is 4. The van der Waals surface area contributed by atoms with Crippen LogP contribution < -0.4 is 5.32 Å². The van der Waals surface area contributed by atoms with Crippen LogP contribution in [0, 0.1) is 0 Å². The minimum Gasteiger partial charge on any atom is -0.346 e. The lowest BCUT2D eigenvalue weighted by atomic mass is 9.92. The van der Waals surface area contributed by atoms with E-state index in [1.165, 1.54) is 5.69 Å². The number of carbonyl (C=O) groups is 1. The second-order valence-corrected chi connectivity index (χ2v) is 7.36. The second-order valence-electron chi connectivity index (χ2n) is 7.36. The Morgan fingerprint density at radius 2 is 2.12 bits per heavy atom. The van der Waals surface area contributed by atoms with Gasteiger partial charge in [-0.3, -0.25) is 14.2 Å². The van der Waals surface area contributed by atoms with Crippen LogP contribution in [-0.4, -0.2) is 25.5 Å². The summed E-state index contributed by atoms with van der Waals surface area (Å²) in [6.45, 7) is 6.46. The Morgan fingerprint density at radius 3 is 2.79 bits per heavy atom. The van der Waals surface area contributed by atoms with Crippen molar-refractivity contribution in [1.82, 2.24) is 24.9 Å². The molecule has 0 fully saturated rings. The number of nitrogens with one attached hydrogen (secondary N) is 1. The first kappa shape index (κ1) is 16.5. The van der Waals surface area contributed by atoms with Gasteiger partial charge in [-0.05, 0) is 46.1 Å². The fourth-order valence-electron chi connectivity index (χ4n) is 3.20. The summed E-state index contributed by atoms with van der Waals surface area (Å²) in [7, 11) is 1.86. The quantitative estimate of drug-likeness (QED) is 0.881. The first-order valence-electron chi connectivity index (χ1n) is 8.39.